The lowest BCUT2D eigenvalue weighted by atomic mass is 10.1. The van der Waals surface area contributed by atoms with Crippen LogP contribution in [0.1, 0.15) is 50.6 Å². The first-order valence-electron chi connectivity index (χ1n) is 9.01. The Bertz CT molecular complexity index is 1260. The van der Waals surface area contributed by atoms with Gasteiger partial charge < -0.3 is 14.4 Å². The maximum absolute atomic E-state index is 13.8. The molecule has 0 aliphatic carbocycles. The van der Waals surface area contributed by atoms with Crippen LogP contribution in [0.2, 0.25) is 0 Å². The summed E-state index contributed by atoms with van der Waals surface area (Å²) < 4.78 is 59.4. The molecule has 0 unspecified atom stereocenters. The van der Waals surface area contributed by atoms with Crippen LogP contribution in [-0.4, -0.2) is 15.0 Å². The zero-order valence-corrected chi connectivity index (χ0v) is 16.6. The Balaban J connectivity index is 0.00000155. The minimum Gasteiger partial charge on any atom is -0.448 e. The third-order valence-electron chi connectivity index (χ3n) is 3.85. The molecule has 0 fully saturated rings. The second-order valence-corrected chi connectivity index (χ2v) is 6.16. The lowest BCUT2D eigenvalue weighted by molar-refractivity contribution is 0.451. The number of benzene rings is 1. The van der Waals surface area contributed by atoms with Crippen molar-refractivity contribution in [2.45, 2.75) is 33.6 Å². The van der Waals surface area contributed by atoms with Crippen molar-refractivity contribution < 1.29 is 22.0 Å². The monoisotopic (exact) mass is 425 g/mol. The van der Waals surface area contributed by atoms with Gasteiger partial charge in [0, 0.05) is 12.0 Å². The van der Waals surface area contributed by atoms with Crippen LogP contribution in [0, 0.1) is 23.3 Å². The fraction of sp³-hybridized carbons (Fsp3) is 0.250. The van der Waals surface area contributed by atoms with E-state index >= 15 is 0 Å². The summed E-state index contributed by atoms with van der Waals surface area (Å²) in [7, 11) is 0. The molecule has 0 saturated carbocycles. The van der Waals surface area contributed by atoms with Gasteiger partial charge in [-0.05, 0) is 12.2 Å². The minimum atomic E-state index is -1.70. The number of rotatable bonds is 3. The lowest BCUT2D eigenvalue weighted by Crippen LogP contribution is -2.46. The molecule has 0 amide bonds. The van der Waals surface area contributed by atoms with Crippen LogP contribution in [-0.2, 0) is 0 Å². The van der Waals surface area contributed by atoms with E-state index in [4.69, 9.17) is 4.42 Å². The average Bonchev–Trinajstić information content (AvgIpc) is 3.17. The molecule has 2 heterocycles. The molecule has 30 heavy (non-hydrogen) atoms. The van der Waals surface area contributed by atoms with E-state index < -0.39 is 45.3 Å². The molecule has 2 aromatic heterocycles. The molecule has 2 N–H and O–H groups in total. The van der Waals surface area contributed by atoms with Gasteiger partial charge in [0.25, 0.3) is 11.1 Å². The van der Waals surface area contributed by atoms with Crippen molar-refractivity contribution in [3.05, 3.63) is 84.2 Å². The maximum Gasteiger partial charge on any atom is 0.272 e. The van der Waals surface area contributed by atoms with E-state index in [1.807, 2.05) is 27.7 Å². The van der Waals surface area contributed by atoms with Gasteiger partial charge in [-0.1, -0.05) is 27.7 Å². The normalized spacial score (nSPS) is 12.3. The van der Waals surface area contributed by atoms with Crippen molar-refractivity contribution in [1.29, 1.82) is 0 Å². The third kappa shape index (κ3) is 4.58. The Hall–Kier alpha value is -3.43. The largest absolute Gasteiger partial charge is 0.448 e. The molecule has 0 saturated heterocycles. The van der Waals surface area contributed by atoms with Crippen LogP contribution >= 0.6 is 0 Å². The number of aromatic nitrogens is 3. The number of hydrogen-bond acceptors (Lipinski definition) is 4. The summed E-state index contributed by atoms with van der Waals surface area (Å²) in [4.78, 5) is 32.7. The van der Waals surface area contributed by atoms with E-state index in [2.05, 4.69) is 15.0 Å². The van der Waals surface area contributed by atoms with Gasteiger partial charge in [-0.2, -0.15) is 0 Å². The summed E-state index contributed by atoms with van der Waals surface area (Å²) in [6, 6.07) is 0.0390. The molecule has 10 heteroatoms. The van der Waals surface area contributed by atoms with E-state index in [1.165, 1.54) is 12.5 Å². The Morgan fingerprint density at radius 2 is 1.43 bits per heavy atom. The summed E-state index contributed by atoms with van der Waals surface area (Å²) in [6.45, 7) is 7.67. The van der Waals surface area contributed by atoms with Crippen molar-refractivity contribution in [2.24, 2.45) is 0 Å². The van der Waals surface area contributed by atoms with Crippen LogP contribution in [0.25, 0.3) is 12.2 Å². The first-order chi connectivity index (χ1) is 14.2. The van der Waals surface area contributed by atoms with E-state index in [-0.39, 0.29) is 17.3 Å². The van der Waals surface area contributed by atoms with Crippen molar-refractivity contribution >= 4 is 12.2 Å². The van der Waals surface area contributed by atoms with Gasteiger partial charge >= 0.3 is 0 Å². The molecule has 1 aromatic carbocycles. The molecule has 3 rings (SSSR count). The van der Waals surface area contributed by atoms with E-state index in [0.717, 1.165) is 0 Å². The lowest BCUT2D eigenvalue weighted by Gasteiger charge is -2.02. The number of aromatic amines is 2. The average molecular weight is 425 g/mol. The Morgan fingerprint density at radius 3 is 1.93 bits per heavy atom. The topological polar surface area (TPSA) is 91.8 Å². The number of oxazole rings is 1. The molecule has 0 atom stereocenters. The van der Waals surface area contributed by atoms with E-state index in [1.54, 1.807) is 0 Å². The molecule has 3 aromatic rings. The molecule has 0 aliphatic rings. The number of nitrogens with zero attached hydrogens (tertiary/aromatic N) is 1. The van der Waals surface area contributed by atoms with Gasteiger partial charge in [-0.3, -0.25) is 9.59 Å². The van der Waals surface area contributed by atoms with E-state index in [9.17, 15) is 27.2 Å². The molecule has 6 nitrogen and oxygen atoms in total. The molecular weight excluding hydrogens is 406 g/mol. The van der Waals surface area contributed by atoms with Gasteiger partial charge in [0.1, 0.15) is 22.2 Å². The van der Waals surface area contributed by atoms with Crippen LogP contribution in [0.4, 0.5) is 17.6 Å². The zero-order valence-electron chi connectivity index (χ0n) is 16.6. The second kappa shape index (κ2) is 9.38. The molecule has 160 valence electrons. The van der Waals surface area contributed by atoms with Crippen molar-refractivity contribution in [3.8, 4) is 0 Å². The highest BCUT2D eigenvalue weighted by Crippen LogP contribution is 2.19. The SMILES string of the molecule is CC.CC(C)c1ocnc1/C=c1\[nH]c(=O)/c(=C/c2c(F)c(F)cc(F)c2F)[nH]c1=O. The van der Waals surface area contributed by atoms with Crippen molar-refractivity contribution in [2.75, 3.05) is 0 Å². The molecular formula is C20H19F4N3O3. The number of nitrogens with one attached hydrogen (secondary N) is 2. The molecule has 0 aliphatic heterocycles. The van der Waals surface area contributed by atoms with Crippen LogP contribution < -0.4 is 21.8 Å². The van der Waals surface area contributed by atoms with Gasteiger partial charge in [0.05, 0.1) is 5.56 Å². The smallest absolute Gasteiger partial charge is 0.272 e. The fourth-order valence-corrected chi connectivity index (χ4v) is 2.50. The highest BCUT2D eigenvalue weighted by Gasteiger charge is 2.17. The van der Waals surface area contributed by atoms with Gasteiger partial charge in [0.15, 0.2) is 29.7 Å². The van der Waals surface area contributed by atoms with Crippen molar-refractivity contribution in [3.63, 3.8) is 0 Å². The number of halogens is 4. The minimum absolute atomic E-state index is 0.0390. The summed E-state index contributed by atoms with van der Waals surface area (Å²) in [5.74, 6) is -6.23. The fourth-order valence-electron chi connectivity index (χ4n) is 2.50. The quantitative estimate of drug-likeness (QED) is 0.498. The van der Waals surface area contributed by atoms with Crippen LogP contribution in [0.3, 0.4) is 0 Å². The second-order valence-electron chi connectivity index (χ2n) is 6.16. The standard InChI is InChI=1S/C18H13F4N3O3.C2H6/c1-7(2)16-11(23-6-28-16)5-13-18(27)24-12(17(26)25-13)3-8-14(21)9(19)4-10(20)15(8)22;1-2/h3-7H,1-2H3,(H,24,27)(H,25,26);1-2H3/b12-3-,13-5-;. The molecule has 0 radical (unpaired) electrons. The highest BCUT2D eigenvalue weighted by atomic mass is 19.2. The number of hydrogen-bond donors (Lipinski definition) is 2. The third-order valence-corrected chi connectivity index (χ3v) is 3.85. The first-order valence-corrected chi connectivity index (χ1v) is 9.01. The van der Waals surface area contributed by atoms with Gasteiger partial charge in [0.2, 0.25) is 0 Å². The summed E-state index contributed by atoms with van der Waals surface area (Å²) in [5, 5.41) is -0.779. The Labute approximate surface area is 167 Å². The maximum atomic E-state index is 13.8. The van der Waals surface area contributed by atoms with Crippen LogP contribution in [0.5, 0.6) is 0 Å². The van der Waals surface area contributed by atoms with Crippen LogP contribution in [0.15, 0.2) is 26.5 Å². The first kappa shape index (κ1) is 22.9. The predicted molar refractivity (Wildman–Crippen MR) is 102 cm³/mol. The van der Waals surface area contributed by atoms with Crippen molar-refractivity contribution in [1.82, 2.24) is 15.0 Å². The van der Waals surface area contributed by atoms with Gasteiger partial charge in [-0.15, -0.1) is 0 Å². The predicted octanol–water partition coefficient (Wildman–Crippen LogP) is 2.41. The van der Waals surface area contributed by atoms with Gasteiger partial charge in [-0.25, -0.2) is 22.5 Å². The zero-order chi connectivity index (χ0) is 22.6. The highest BCUT2D eigenvalue weighted by molar-refractivity contribution is 5.50. The summed E-state index contributed by atoms with van der Waals surface area (Å²) in [6.07, 6.45) is 2.96. The molecule has 0 bridgehead atoms. The van der Waals surface area contributed by atoms with E-state index in [0.29, 0.717) is 17.5 Å². The Kier molecular flexibility index (Phi) is 7.14. The molecule has 0 spiro atoms. The summed E-state index contributed by atoms with van der Waals surface area (Å²) in [5.41, 5.74) is -2.57. The summed E-state index contributed by atoms with van der Waals surface area (Å²) >= 11 is 0. The number of H-pyrrole nitrogens is 2. The Morgan fingerprint density at radius 1 is 0.933 bits per heavy atom.